The first-order chi connectivity index (χ1) is 18.5. The molecule has 2 heterocycles. The molecule has 1 aromatic heterocycles. The lowest BCUT2D eigenvalue weighted by molar-refractivity contribution is -0.117. The largest absolute Gasteiger partial charge is 0.497 e. The molecule has 1 saturated heterocycles. The van der Waals surface area contributed by atoms with Crippen molar-refractivity contribution in [3.8, 4) is 5.75 Å². The Morgan fingerprint density at radius 3 is 2.29 bits per heavy atom. The molecular formula is C28H35N7O3. The first-order valence-corrected chi connectivity index (χ1v) is 12.9. The zero-order chi connectivity index (χ0) is 26.7. The molecule has 0 saturated carbocycles. The molecule has 0 unspecified atom stereocenters. The van der Waals surface area contributed by atoms with Crippen LogP contribution in [0.5, 0.6) is 5.75 Å². The van der Waals surface area contributed by atoms with Gasteiger partial charge in [-0.2, -0.15) is 0 Å². The number of methoxy groups -OCH3 is 1. The average Bonchev–Trinajstić information content (AvgIpc) is 2.95. The summed E-state index contributed by atoms with van der Waals surface area (Å²) in [5.74, 6) is 0.818. The Kier molecular flexibility index (Phi) is 9.60. The summed E-state index contributed by atoms with van der Waals surface area (Å²) in [5.41, 5.74) is 2.90. The van der Waals surface area contributed by atoms with E-state index in [0.717, 1.165) is 55.4 Å². The van der Waals surface area contributed by atoms with Gasteiger partial charge in [0, 0.05) is 50.3 Å². The number of amides is 2. The van der Waals surface area contributed by atoms with Gasteiger partial charge >= 0.3 is 0 Å². The van der Waals surface area contributed by atoms with Gasteiger partial charge in [0.1, 0.15) is 11.4 Å². The van der Waals surface area contributed by atoms with Crippen LogP contribution in [0.2, 0.25) is 0 Å². The van der Waals surface area contributed by atoms with Crippen LogP contribution in [0.15, 0.2) is 60.8 Å². The van der Waals surface area contributed by atoms with Crippen molar-refractivity contribution in [2.24, 2.45) is 0 Å². The maximum Gasteiger partial charge on any atom is 0.270 e. The number of benzene rings is 2. The number of piperazine rings is 1. The molecule has 10 heteroatoms. The molecule has 3 aromatic rings. The van der Waals surface area contributed by atoms with E-state index in [-0.39, 0.29) is 17.5 Å². The highest BCUT2D eigenvalue weighted by atomic mass is 16.5. The van der Waals surface area contributed by atoms with E-state index >= 15 is 0 Å². The summed E-state index contributed by atoms with van der Waals surface area (Å²) < 4.78 is 5.16. The minimum Gasteiger partial charge on any atom is -0.497 e. The summed E-state index contributed by atoms with van der Waals surface area (Å²) >= 11 is 0. The predicted molar refractivity (Wildman–Crippen MR) is 148 cm³/mol. The quantitative estimate of drug-likeness (QED) is 0.356. The fourth-order valence-electron chi connectivity index (χ4n) is 4.18. The lowest BCUT2D eigenvalue weighted by Gasteiger charge is -2.33. The van der Waals surface area contributed by atoms with Crippen molar-refractivity contribution >= 4 is 29.1 Å². The standard InChI is InChI=1S/C28H35N7O3/c1-3-34-16-18-35(19-17-34)20-26(36)31-22-6-4-21(5-7-22)12-14-29-27(37)25-13-15-30-28(33-25)32-23-8-10-24(38-2)11-9-23/h4-11,13,15H,3,12,14,16-20H2,1-2H3,(H,29,37)(H,31,36)(H,30,32,33). The monoisotopic (exact) mass is 517 g/mol. The van der Waals surface area contributed by atoms with Gasteiger partial charge in [0.05, 0.1) is 13.7 Å². The van der Waals surface area contributed by atoms with E-state index in [1.165, 1.54) is 0 Å². The van der Waals surface area contributed by atoms with E-state index in [0.29, 0.717) is 25.5 Å². The van der Waals surface area contributed by atoms with Crippen LogP contribution in [0.4, 0.5) is 17.3 Å². The van der Waals surface area contributed by atoms with Crippen molar-refractivity contribution in [2.45, 2.75) is 13.3 Å². The molecule has 38 heavy (non-hydrogen) atoms. The van der Waals surface area contributed by atoms with Crippen LogP contribution in [0.25, 0.3) is 0 Å². The molecule has 3 N–H and O–H groups in total. The maximum absolute atomic E-state index is 12.6. The van der Waals surface area contributed by atoms with E-state index in [1.54, 1.807) is 19.4 Å². The summed E-state index contributed by atoms with van der Waals surface area (Å²) in [5, 5.41) is 8.96. The van der Waals surface area contributed by atoms with Gasteiger partial charge in [-0.15, -0.1) is 0 Å². The number of carbonyl (C=O) groups is 2. The van der Waals surface area contributed by atoms with Gasteiger partial charge in [-0.1, -0.05) is 19.1 Å². The molecule has 2 amide bonds. The third-order valence-corrected chi connectivity index (χ3v) is 6.45. The van der Waals surface area contributed by atoms with Gasteiger partial charge in [-0.25, -0.2) is 9.97 Å². The molecule has 0 atom stereocenters. The summed E-state index contributed by atoms with van der Waals surface area (Å²) in [6, 6.07) is 16.6. The molecule has 0 bridgehead atoms. The Morgan fingerprint density at radius 2 is 1.61 bits per heavy atom. The number of nitrogens with zero attached hydrogens (tertiary/aromatic N) is 4. The second-order valence-corrected chi connectivity index (χ2v) is 9.08. The van der Waals surface area contributed by atoms with Crippen LogP contribution < -0.4 is 20.7 Å². The molecule has 1 aliphatic rings. The van der Waals surface area contributed by atoms with Gasteiger partial charge < -0.3 is 25.6 Å². The van der Waals surface area contributed by atoms with E-state index in [1.807, 2.05) is 48.5 Å². The molecule has 10 nitrogen and oxygen atoms in total. The molecule has 1 fully saturated rings. The van der Waals surface area contributed by atoms with E-state index in [9.17, 15) is 9.59 Å². The van der Waals surface area contributed by atoms with Crippen molar-refractivity contribution < 1.29 is 14.3 Å². The number of rotatable bonds is 11. The second kappa shape index (κ2) is 13.5. The third kappa shape index (κ3) is 7.99. The third-order valence-electron chi connectivity index (χ3n) is 6.45. The van der Waals surface area contributed by atoms with Crippen molar-refractivity contribution in [1.29, 1.82) is 0 Å². The van der Waals surface area contributed by atoms with Gasteiger partial charge in [-0.3, -0.25) is 14.5 Å². The van der Waals surface area contributed by atoms with Crippen LogP contribution in [0.1, 0.15) is 23.0 Å². The molecule has 0 aliphatic carbocycles. The van der Waals surface area contributed by atoms with Crippen LogP contribution >= 0.6 is 0 Å². The molecular weight excluding hydrogens is 482 g/mol. The number of nitrogens with one attached hydrogen (secondary N) is 3. The summed E-state index contributed by atoms with van der Waals surface area (Å²) in [4.78, 5) is 38.1. The van der Waals surface area contributed by atoms with Gasteiger partial charge in [0.2, 0.25) is 11.9 Å². The Balaban J connectivity index is 1.20. The number of hydrogen-bond acceptors (Lipinski definition) is 8. The highest BCUT2D eigenvalue weighted by Crippen LogP contribution is 2.18. The van der Waals surface area contributed by atoms with E-state index in [2.05, 4.69) is 42.6 Å². The average molecular weight is 518 g/mol. The molecule has 0 spiro atoms. The number of aromatic nitrogens is 2. The van der Waals surface area contributed by atoms with Crippen LogP contribution in [-0.2, 0) is 11.2 Å². The normalized spacial score (nSPS) is 14.1. The van der Waals surface area contributed by atoms with Gasteiger partial charge in [0.25, 0.3) is 5.91 Å². The van der Waals surface area contributed by atoms with Crippen molar-refractivity contribution in [3.05, 3.63) is 72.1 Å². The molecule has 2 aromatic carbocycles. The number of carbonyl (C=O) groups excluding carboxylic acids is 2. The first-order valence-electron chi connectivity index (χ1n) is 12.9. The Bertz CT molecular complexity index is 1190. The predicted octanol–water partition coefficient (Wildman–Crippen LogP) is 2.78. The minimum absolute atomic E-state index is 0.000613. The highest BCUT2D eigenvalue weighted by Gasteiger charge is 2.17. The van der Waals surface area contributed by atoms with Gasteiger partial charge in [0.15, 0.2) is 0 Å². The van der Waals surface area contributed by atoms with Crippen LogP contribution in [0, 0.1) is 0 Å². The fourth-order valence-corrected chi connectivity index (χ4v) is 4.18. The zero-order valence-corrected chi connectivity index (χ0v) is 21.9. The molecule has 0 radical (unpaired) electrons. The lowest BCUT2D eigenvalue weighted by atomic mass is 10.1. The zero-order valence-electron chi connectivity index (χ0n) is 21.9. The second-order valence-electron chi connectivity index (χ2n) is 9.08. The summed E-state index contributed by atoms with van der Waals surface area (Å²) in [6.07, 6.45) is 2.20. The molecule has 1 aliphatic heterocycles. The number of ether oxygens (including phenoxy) is 1. The first kappa shape index (κ1) is 27.0. The van der Waals surface area contributed by atoms with Crippen molar-refractivity contribution in [1.82, 2.24) is 25.1 Å². The number of likely N-dealkylation sites (N-methyl/N-ethyl adjacent to an activating group) is 1. The maximum atomic E-state index is 12.6. The van der Waals surface area contributed by atoms with Crippen LogP contribution in [-0.4, -0.2) is 84.5 Å². The lowest BCUT2D eigenvalue weighted by Crippen LogP contribution is -2.48. The molecule has 4 rings (SSSR count). The fraction of sp³-hybridized carbons (Fsp3) is 0.357. The van der Waals surface area contributed by atoms with E-state index < -0.39 is 0 Å². The summed E-state index contributed by atoms with van der Waals surface area (Å²) in [6.45, 7) is 7.94. The topological polar surface area (TPSA) is 112 Å². The SMILES string of the molecule is CCN1CCN(CC(=O)Nc2ccc(CCNC(=O)c3ccnc(Nc4ccc(OC)cc4)n3)cc2)CC1. The van der Waals surface area contributed by atoms with Crippen molar-refractivity contribution in [3.63, 3.8) is 0 Å². The highest BCUT2D eigenvalue weighted by molar-refractivity contribution is 5.93. The van der Waals surface area contributed by atoms with E-state index in [4.69, 9.17) is 4.74 Å². The van der Waals surface area contributed by atoms with Gasteiger partial charge in [-0.05, 0) is 61.0 Å². The van der Waals surface area contributed by atoms with Crippen LogP contribution in [0.3, 0.4) is 0 Å². The number of hydrogen-bond donors (Lipinski definition) is 3. The Morgan fingerprint density at radius 1 is 0.921 bits per heavy atom. The Labute approximate surface area is 223 Å². The number of anilines is 3. The smallest absolute Gasteiger partial charge is 0.270 e. The Hall–Kier alpha value is -4.02. The summed E-state index contributed by atoms with van der Waals surface area (Å²) in [7, 11) is 1.61. The minimum atomic E-state index is -0.270. The van der Waals surface area contributed by atoms with Crippen molar-refractivity contribution in [2.75, 3.05) is 63.6 Å². The molecule has 200 valence electrons.